The molecule has 0 aromatic heterocycles. The summed E-state index contributed by atoms with van der Waals surface area (Å²) < 4.78 is 0. The zero-order chi connectivity index (χ0) is 14.5. The van der Waals surface area contributed by atoms with Gasteiger partial charge in [0.15, 0.2) is 5.96 Å². The van der Waals surface area contributed by atoms with Gasteiger partial charge in [0.25, 0.3) is 0 Å². The van der Waals surface area contributed by atoms with Gasteiger partial charge in [-0.1, -0.05) is 37.3 Å². The molecule has 0 aliphatic carbocycles. The molecule has 2 unspecified atom stereocenters. The van der Waals surface area contributed by atoms with Crippen molar-refractivity contribution >= 4 is 5.96 Å². The monoisotopic (exact) mass is 274 g/mol. The van der Waals surface area contributed by atoms with Crippen LogP contribution in [0.5, 0.6) is 0 Å². The lowest BCUT2D eigenvalue weighted by Gasteiger charge is -2.29. The predicted molar refractivity (Wildman–Crippen MR) is 85.0 cm³/mol. The summed E-state index contributed by atoms with van der Waals surface area (Å²) >= 11 is 0. The Morgan fingerprint density at radius 3 is 2.70 bits per heavy atom. The second-order valence-electron chi connectivity index (χ2n) is 5.90. The molecule has 1 aromatic carbocycles. The lowest BCUT2D eigenvalue weighted by molar-refractivity contribution is 0.273. The van der Waals surface area contributed by atoms with Crippen LogP contribution in [-0.2, 0) is 0 Å². The van der Waals surface area contributed by atoms with E-state index in [4.69, 9.17) is 5.73 Å². The van der Waals surface area contributed by atoms with E-state index in [0.29, 0.717) is 17.9 Å². The number of nitrogens with zero attached hydrogens (tertiary/aromatic N) is 3. The number of benzene rings is 1. The van der Waals surface area contributed by atoms with Crippen LogP contribution in [0.1, 0.15) is 24.8 Å². The van der Waals surface area contributed by atoms with Crippen LogP contribution in [0, 0.1) is 0 Å². The van der Waals surface area contributed by atoms with Crippen LogP contribution in [0.3, 0.4) is 0 Å². The highest BCUT2D eigenvalue weighted by atomic mass is 15.3. The molecule has 1 aliphatic heterocycles. The van der Waals surface area contributed by atoms with Crippen molar-refractivity contribution in [2.24, 2.45) is 10.7 Å². The molecular formula is C16H26N4. The Morgan fingerprint density at radius 2 is 2.05 bits per heavy atom. The van der Waals surface area contributed by atoms with Crippen LogP contribution in [0.4, 0.5) is 0 Å². The van der Waals surface area contributed by atoms with E-state index in [1.54, 1.807) is 0 Å². The van der Waals surface area contributed by atoms with Gasteiger partial charge in [0.05, 0.1) is 12.6 Å². The van der Waals surface area contributed by atoms with Crippen molar-refractivity contribution in [3.63, 3.8) is 0 Å². The minimum atomic E-state index is 0.435. The molecule has 0 radical (unpaired) electrons. The standard InChI is InChI=1S/C16H26N4/c1-13(14-7-5-4-6-8-14)11-15-12-18-16(17)20(15)10-9-19(2)3/h4-8,13,15H,9-12H2,1-3H3,(H2,17,18). The van der Waals surface area contributed by atoms with Crippen molar-refractivity contribution in [1.82, 2.24) is 9.80 Å². The summed E-state index contributed by atoms with van der Waals surface area (Å²) in [5.41, 5.74) is 7.42. The summed E-state index contributed by atoms with van der Waals surface area (Å²) in [7, 11) is 4.18. The van der Waals surface area contributed by atoms with E-state index in [1.807, 2.05) is 0 Å². The Labute approximate surface area is 122 Å². The van der Waals surface area contributed by atoms with Gasteiger partial charge >= 0.3 is 0 Å². The molecular weight excluding hydrogens is 248 g/mol. The van der Waals surface area contributed by atoms with Crippen molar-refractivity contribution in [3.8, 4) is 0 Å². The Morgan fingerprint density at radius 1 is 1.35 bits per heavy atom. The number of rotatable bonds is 6. The molecule has 2 rings (SSSR count). The fourth-order valence-electron chi connectivity index (χ4n) is 2.71. The maximum atomic E-state index is 6.03. The van der Waals surface area contributed by atoms with Gasteiger partial charge in [0, 0.05) is 13.1 Å². The molecule has 2 atom stereocenters. The fraction of sp³-hybridized carbons (Fsp3) is 0.562. The third-order valence-electron chi connectivity index (χ3n) is 3.98. The number of nitrogens with two attached hydrogens (primary N) is 1. The minimum Gasteiger partial charge on any atom is -0.370 e. The van der Waals surface area contributed by atoms with Crippen LogP contribution in [0.2, 0.25) is 0 Å². The van der Waals surface area contributed by atoms with Crippen molar-refractivity contribution in [3.05, 3.63) is 35.9 Å². The molecule has 1 heterocycles. The smallest absolute Gasteiger partial charge is 0.191 e. The SMILES string of the molecule is CC(CC1CN=C(N)N1CCN(C)C)c1ccccc1. The van der Waals surface area contributed by atoms with E-state index in [-0.39, 0.29) is 0 Å². The molecule has 0 spiro atoms. The van der Waals surface area contributed by atoms with Gasteiger partial charge in [-0.2, -0.15) is 0 Å². The van der Waals surface area contributed by atoms with E-state index in [0.717, 1.165) is 26.1 Å². The summed E-state index contributed by atoms with van der Waals surface area (Å²) in [6.45, 7) is 5.07. The molecule has 4 heteroatoms. The maximum absolute atomic E-state index is 6.03. The zero-order valence-electron chi connectivity index (χ0n) is 12.8. The van der Waals surface area contributed by atoms with E-state index < -0.39 is 0 Å². The molecule has 0 saturated carbocycles. The fourth-order valence-corrected chi connectivity index (χ4v) is 2.71. The maximum Gasteiger partial charge on any atom is 0.191 e. The van der Waals surface area contributed by atoms with Crippen molar-refractivity contribution in [2.75, 3.05) is 33.7 Å². The first-order chi connectivity index (χ1) is 9.58. The molecule has 1 aliphatic rings. The number of hydrogen-bond acceptors (Lipinski definition) is 4. The summed E-state index contributed by atoms with van der Waals surface area (Å²) in [5, 5.41) is 0. The normalized spacial score (nSPS) is 20.3. The summed E-state index contributed by atoms with van der Waals surface area (Å²) in [6, 6.07) is 11.1. The second-order valence-corrected chi connectivity index (χ2v) is 5.90. The molecule has 20 heavy (non-hydrogen) atoms. The summed E-state index contributed by atoms with van der Waals surface area (Å²) in [4.78, 5) is 8.87. The number of likely N-dealkylation sites (N-methyl/N-ethyl adjacent to an activating group) is 1. The highest BCUT2D eigenvalue weighted by Gasteiger charge is 2.27. The Bertz CT molecular complexity index is 441. The molecule has 0 amide bonds. The first-order valence-corrected chi connectivity index (χ1v) is 7.34. The van der Waals surface area contributed by atoms with E-state index in [1.165, 1.54) is 5.56 Å². The van der Waals surface area contributed by atoms with E-state index in [9.17, 15) is 0 Å². The van der Waals surface area contributed by atoms with Gasteiger partial charge < -0.3 is 15.5 Å². The highest BCUT2D eigenvalue weighted by Crippen LogP contribution is 2.24. The summed E-state index contributed by atoms with van der Waals surface area (Å²) in [6.07, 6.45) is 1.10. The van der Waals surface area contributed by atoms with Crippen LogP contribution in [0.15, 0.2) is 35.3 Å². The Kier molecular flexibility index (Phi) is 5.01. The quantitative estimate of drug-likeness (QED) is 0.859. The van der Waals surface area contributed by atoms with Gasteiger partial charge in [-0.05, 0) is 32.0 Å². The molecule has 0 saturated heterocycles. The second kappa shape index (κ2) is 6.75. The van der Waals surface area contributed by atoms with Gasteiger partial charge in [-0.3, -0.25) is 4.99 Å². The molecule has 2 N–H and O–H groups in total. The third-order valence-corrected chi connectivity index (χ3v) is 3.98. The largest absolute Gasteiger partial charge is 0.370 e. The Balaban J connectivity index is 1.94. The third kappa shape index (κ3) is 3.73. The molecule has 1 aromatic rings. The number of aliphatic imine (C=N–C) groups is 1. The highest BCUT2D eigenvalue weighted by molar-refractivity contribution is 5.80. The minimum absolute atomic E-state index is 0.435. The lowest BCUT2D eigenvalue weighted by atomic mass is 9.93. The lowest BCUT2D eigenvalue weighted by Crippen LogP contribution is -2.44. The van der Waals surface area contributed by atoms with Gasteiger partial charge in [-0.25, -0.2) is 0 Å². The average Bonchev–Trinajstić information content (AvgIpc) is 2.78. The number of guanidine groups is 1. The van der Waals surface area contributed by atoms with Crippen molar-refractivity contribution in [1.29, 1.82) is 0 Å². The van der Waals surface area contributed by atoms with Crippen molar-refractivity contribution in [2.45, 2.75) is 25.3 Å². The predicted octanol–water partition coefficient (Wildman–Crippen LogP) is 1.74. The van der Waals surface area contributed by atoms with Gasteiger partial charge in [-0.15, -0.1) is 0 Å². The number of hydrogen-bond donors (Lipinski definition) is 1. The average molecular weight is 274 g/mol. The first-order valence-electron chi connectivity index (χ1n) is 7.34. The van der Waals surface area contributed by atoms with Crippen LogP contribution >= 0.6 is 0 Å². The van der Waals surface area contributed by atoms with Gasteiger partial charge in [0.2, 0.25) is 0 Å². The van der Waals surface area contributed by atoms with Crippen molar-refractivity contribution < 1.29 is 0 Å². The van der Waals surface area contributed by atoms with Crippen LogP contribution < -0.4 is 5.73 Å². The molecule has 0 fully saturated rings. The van der Waals surface area contributed by atoms with E-state index in [2.05, 4.69) is 66.1 Å². The van der Waals surface area contributed by atoms with E-state index >= 15 is 0 Å². The molecule has 4 nitrogen and oxygen atoms in total. The summed E-state index contributed by atoms with van der Waals surface area (Å²) in [5.74, 6) is 1.24. The zero-order valence-corrected chi connectivity index (χ0v) is 12.8. The topological polar surface area (TPSA) is 44.9 Å². The molecule has 110 valence electrons. The van der Waals surface area contributed by atoms with Crippen LogP contribution in [0.25, 0.3) is 0 Å². The van der Waals surface area contributed by atoms with Gasteiger partial charge in [0.1, 0.15) is 0 Å². The first kappa shape index (κ1) is 14.9. The molecule has 0 bridgehead atoms. The Hall–Kier alpha value is -1.55. The van der Waals surface area contributed by atoms with Crippen LogP contribution in [-0.4, -0.2) is 55.5 Å².